The Bertz CT molecular complexity index is 897. The second-order valence-electron chi connectivity index (χ2n) is 10.4. The van der Waals surface area contributed by atoms with Crippen LogP contribution in [0.3, 0.4) is 0 Å². The quantitative estimate of drug-likeness (QED) is 0.544. The maximum absolute atomic E-state index is 13.5. The van der Waals surface area contributed by atoms with Crippen LogP contribution < -0.4 is 5.32 Å². The Morgan fingerprint density at radius 3 is 2.50 bits per heavy atom. The van der Waals surface area contributed by atoms with Gasteiger partial charge in [-0.25, -0.2) is 4.39 Å². The Hall–Kier alpha value is -1.72. The van der Waals surface area contributed by atoms with Gasteiger partial charge in [0.05, 0.1) is 10.7 Å². The van der Waals surface area contributed by atoms with E-state index in [1.807, 2.05) is 12.1 Å². The van der Waals surface area contributed by atoms with E-state index in [2.05, 4.69) is 20.4 Å². The average molecular weight is 457 g/mol. The number of halogens is 2. The standard InChI is InChI=1S/C26H34ClFN4/c27-23-7-6-21(28)14-22(23)24-8-9-25(31-30-24)29-17-20-15-26(16-20)10-12-32(13-11-26)18-19-4-2-1-3-5-19/h6-9,14,19-20H,1-5,10-13,15-18H2,(H,29,31). The molecule has 6 heteroatoms. The van der Waals surface area contributed by atoms with Crippen LogP contribution in [0.25, 0.3) is 11.3 Å². The van der Waals surface area contributed by atoms with Crippen molar-refractivity contribution in [2.24, 2.45) is 17.3 Å². The molecular formula is C26H34ClFN4. The zero-order chi connectivity index (χ0) is 22.0. The van der Waals surface area contributed by atoms with Crippen LogP contribution in [0.5, 0.6) is 0 Å². The van der Waals surface area contributed by atoms with Gasteiger partial charge < -0.3 is 10.2 Å². The second kappa shape index (κ2) is 9.64. The molecule has 4 nitrogen and oxygen atoms in total. The highest BCUT2D eigenvalue weighted by atomic mass is 35.5. The molecule has 2 heterocycles. The van der Waals surface area contributed by atoms with Gasteiger partial charge in [-0.1, -0.05) is 30.9 Å². The number of piperidine rings is 1. The van der Waals surface area contributed by atoms with Crippen molar-refractivity contribution in [3.8, 4) is 11.3 Å². The first-order valence-corrected chi connectivity index (χ1v) is 12.7. The SMILES string of the molecule is Fc1ccc(Cl)c(-c2ccc(NCC3CC4(CCN(CC5CCCCC5)CC4)C3)nn2)c1. The van der Waals surface area contributed by atoms with Crippen LogP contribution >= 0.6 is 11.6 Å². The molecule has 5 rings (SSSR count). The third-order valence-electron chi connectivity index (χ3n) is 8.04. The summed E-state index contributed by atoms with van der Waals surface area (Å²) in [5.41, 5.74) is 1.75. The van der Waals surface area contributed by atoms with E-state index in [0.29, 0.717) is 21.7 Å². The van der Waals surface area contributed by atoms with Crippen LogP contribution in [0, 0.1) is 23.1 Å². The van der Waals surface area contributed by atoms with Gasteiger partial charge in [0.2, 0.25) is 0 Å². The lowest BCUT2D eigenvalue weighted by Gasteiger charge is -2.53. The van der Waals surface area contributed by atoms with Crippen molar-refractivity contribution in [3.63, 3.8) is 0 Å². The first kappa shape index (κ1) is 22.1. The third-order valence-corrected chi connectivity index (χ3v) is 8.37. The molecule has 2 aromatic rings. The second-order valence-corrected chi connectivity index (χ2v) is 10.8. The molecule has 1 aromatic heterocycles. The molecule has 1 saturated heterocycles. The fourth-order valence-corrected chi connectivity index (χ4v) is 6.39. The maximum Gasteiger partial charge on any atom is 0.148 e. The molecule has 2 saturated carbocycles. The summed E-state index contributed by atoms with van der Waals surface area (Å²) in [5.74, 6) is 2.12. The van der Waals surface area contributed by atoms with Gasteiger partial charge in [-0.15, -0.1) is 10.2 Å². The van der Waals surface area contributed by atoms with Gasteiger partial charge in [0, 0.05) is 18.7 Å². The van der Waals surface area contributed by atoms with Gasteiger partial charge in [-0.05, 0) is 99.2 Å². The lowest BCUT2D eigenvalue weighted by Crippen LogP contribution is -2.49. The largest absolute Gasteiger partial charge is 0.368 e. The number of hydrogen-bond donors (Lipinski definition) is 1. The molecule has 3 aliphatic rings. The van der Waals surface area contributed by atoms with Crippen LogP contribution in [0.4, 0.5) is 10.2 Å². The van der Waals surface area contributed by atoms with E-state index in [4.69, 9.17) is 11.6 Å². The number of nitrogens with zero attached hydrogens (tertiary/aromatic N) is 3. The van der Waals surface area contributed by atoms with Crippen LogP contribution in [-0.2, 0) is 0 Å². The molecule has 0 radical (unpaired) electrons. The maximum atomic E-state index is 13.5. The minimum Gasteiger partial charge on any atom is -0.368 e. The first-order valence-electron chi connectivity index (χ1n) is 12.3. The van der Waals surface area contributed by atoms with Crippen LogP contribution in [0.2, 0.25) is 5.02 Å². The summed E-state index contributed by atoms with van der Waals surface area (Å²) in [6.07, 6.45) is 12.7. The predicted octanol–water partition coefficient (Wildman–Crippen LogP) is 6.42. The molecule has 32 heavy (non-hydrogen) atoms. The zero-order valence-corrected chi connectivity index (χ0v) is 19.6. The Balaban J connectivity index is 1.05. The number of benzene rings is 1. The Morgan fingerprint density at radius 1 is 1.00 bits per heavy atom. The fraction of sp³-hybridized carbons (Fsp3) is 0.615. The molecule has 2 aliphatic carbocycles. The highest BCUT2D eigenvalue weighted by Gasteiger charge is 2.45. The molecule has 0 amide bonds. The molecule has 1 N–H and O–H groups in total. The topological polar surface area (TPSA) is 41.0 Å². The van der Waals surface area contributed by atoms with E-state index in [1.165, 1.54) is 89.6 Å². The number of nitrogens with one attached hydrogen (secondary N) is 1. The van der Waals surface area contributed by atoms with Crippen LogP contribution in [0.15, 0.2) is 30.3 Å². The minimum absolute atomic E-state index is 0.327. The van der Waals surface area contributed by atoms with Gasteiger partial charge in [0.25, 0.3) is 0 Å². The highest BCUT2D eigenvalue weighted by molar-refractivity contribution is 6.33. The third kappa shape index (κ3) is 5.09. The molecule has 172 valence electrons. The smallest absolute Gasteiger partial charge is 0.148 e. The Morgan fingerprint density at radius 2 is 1.78 bits per heavy atom. The molecule has 0 bridgehead atoms. The molecule has 0 unspecified atom stereocenters. The van der Waals surface area contributed by atoms with Crippen molar-refractivity contribution in [2.75, 3.05) is 31.5 Å². The number of hydrogen-bond acceptors (Lipinski definition) is 4. The van der Waals surface area contributed by atoms with E-state index in [-0.39, 0.29) is 5.82 Å². The van der Waals surface area contributed by atoms with Gasteiger partial charge >= 0.3 is 0 Å². The number of anilines is 1. The number of rotatable bonds is 6. The van der Waals surface area contributed by atoms with Crippen molar-refractivity contribution >= 4 is 17.4 Å². The van der Waals surface area contributed by atoms with E-state index in [1.54, 1.807) is 6.07 Å². The van der Waals surface area contributed by atoms with E-state index in [9.17, 15) is 4.39 Å². The monoisotopic (exact) mass is 456 g/mol. The summed E-state index contributed by atoms with van der Waals surface area (Å²) >= 11 is 6.18. The van der Waals surface area contributed by atoms with E-state index in [0.717, 1.165) is 24.2 Å². The summed E-state index contributed by atoms with van der Waals surface area (Å²) in [6.45, 7) is 4.89. The summed E-state index contributed by atoms with van der Waals surface area (Å²) < 4.78 is 13.5. The summed E-state index contributed by atoms with van der Waals surface area (Å²) in [7, 11) is 0. The summed E-state index contributed by atoms with van der Waals surface area (Å²) in [6, 6.07) is 8.05. The molecule has 3 fully saturated rings. The van der Waals surface area contributed by atoms with Crippen molar-refractivity contribution in [1.82, 2.24) is 15.1 Å². The number of aromatic nitrogens is 2. The Kier molecular flexibility index (Phi) is 6.66. The molecule has 1 aromatic carbocycles. The van der Waals surface area contributed by atoms with Crippen molar-refractivity contribution in [1.29, 1.82) is 0 Å². The fourth-order valence-electron chi connectivity index (χ4n) is 6.18. The van der Waals surface area contributed by atoms with Gasteiger partial charge in [0.15, 0.2) is 0 Å². The van der Waals surface area contributed by atoms with Crippen molar-refractivity contribution < 1.29 is 4.39 Å². The lowest BCUT2D eigenvalue weighted by atomic mass is 9.57. The van der Waals surface area contributed by atoms with E-state index < -0.39 is 0 Å². The van der Waals surface area contributed by atoms with Gasteiger partial charge in [-0.3, -0.25) is 0 Å². The highest BCUT2D eigenvalue weighted by Crippen LogP contribution is 2.52. The molecule has 0 atom stereocenters. The molecule has 1 aliphatic heterocycles. The minimum atomic E-state index is -0.327. The normalized spacial score (nSPS) is 22.1. The van der Waals surface area contributed by atoms with Crippen molar-refractivity contribution in [2.45, 2.75) is 57.8 Å². The van der Waals surface area contributed by atoms with Crippen LogP contribution in [-0.4, -0.2) is 41.3 Å². The molecule has 1 spiro atoms. The van der Waals surface area contributed by atoms with E-state index >= 15 is 0 Å². The van der Waals surface area contributed by atoms with Crippen molar-refractivity contribution in [3.05, 3.63) is 41.2 Å². The lowest BCUT2D eigenvalue weighted by molar-refractivity contribution is -0.0127. The summed E-state index contributed by atoms with van der Waals surface area (Å²) in [5, 5.41) is 12.4. The molecular weight excluding hydrogens is 423 g/mol. The predicted molar refractivity (Wildman–Crippen MR) is 128 cm³/mol. The van der Waals surface area contributed by atoms with Crippen LogP contribution in [0.1, 0.15) is 57.8 Å². The first-order chi connectivity index (χ1) is 15.6. The average Bonchev–Trinajstić information content (AvgIpc) is 2.80. The number of likely N-dealkylation sites (tertiary alicyclic amines) is 1. The van der Waals surface area contributed by atoms with Gasteiger partial charge in [0.1, 0.15) is 11.6 Å². The Labute approximate surface area is 195 Å². The summed E-state index contributed by atoms with van der Waals surface area (Å²) in [4.78, 5) is 2.74. The zero-order valence-electron chi connectivity index (χ0n) is 18.8. The van der Waals surface area contributed by atoms with Gasteiger partial charge in [-0.2, -0.15) is 0 Å².